The van der Waals surface area contributed by atoms with Crippen LogP contribution >= 0.6 is 0 Å². The molecule has 3 atom stereocenters. The van der Waals surface area contributed by atoms with Crippen molar-refractivity contribution in [3.8, 4) is 0 Å². The highest BCUT2D eigenvalue weighted by molar-refractivity contribution is 5.79. The van der Waals surface area contributed by atoms with Gasteiger partial charge in [-0.15, -0.1) is 0 Å². The zero-order valence-corrected chi connectivity index (χ0v) is 9.75. The highest BCUT2D eigenvalue weighted by Crippen LogP contribution is 2.19. The van der Waals surface area contributed by atoms with E-state index >= 15 is 0 Å². The standard InChI is InChI=1S/C11H21NO3/c1-4-11(3,14)7-12-10(13)9-5-8(2)15-6-9/h8-9,14H,4-7H2,1-3H3,(H,12,13). The highest BCUT2D eigenvalue weighted by atomic mass is 16.5. The van der Waals surface area contributed by atoms with Crippen molar-refractivity contribution < 1.29 is 14.6 Å². The largest absolute Gasteiger partial charge is 0.388 e. The number of carbonyl (C=O) groups is 1. The van der Waals surface area contributed by atoms with Gasteiger partial charge in [0.05, 0.1) is 24.2 Å². The average Bonchev–Trinajstić information content (AvgIpc) is 2.61. The predicted molar refractivity (Wildman–Crippen MR) is 57.4 cm³/mol. The van der Waals surface area contributed by atoms with Crippen molar-refractivity contribution in [2.75, 3.05) is 13.2 Å². The van der Waals surface area contributed by atoms with Gasteiger partial charge in [0.1, 0.15) is 0 Å². The maximum atomic E-state index is 11.7. The fraction of sp³-hybridized carbons (Fsp3) is 0.909. The summed E-state index contributed by atoms with van der Waals surface area (Å²) in [5.74, 6) is -0.0549. The van der Waals surface area contributed by atoms with E-state index in [4.69, 9.17) is 4.74 Å². The van der Waals surface area contributed by atoms with E-state index in [0.29, 0.717) is 19.6 Å². The third-order valence-electron chi connectivity index (χ3n) is 2.97. The van der Waals surface area contributed by atoms with Crippen LogP contribution in [-0.2, 0) is 9.53 Å². The van der Waals surface area contributed by atoms with Crippen LogP contribution in [0.4, 0.5) is 0 Å². The van der Waals surface area contributed by atoms with Crippen molar-refractivity contribution in [2.24, 2.45) is 5.92 Å². The number of aliphatic hydroxyl groups is 1. The topological polar surface area (TPSA) is 58.6 Å². The van der Waals surface area contributed by atoms with Crippen LogP contribution in [-0.4, -0.2) is 35.9 Å². The van der Waals surface area contributed by atoms with Gasteiger partial charge < -0.3 is 15.2 Å². The molecule has 3 unspecified atom stereocenters. The van der Waals surface area contributed by atoms with Crippen molar-refractivity contribution in [3.63, 3.8) is 0 Å². The molecule has 15 heavy (non-hydrogen) atoms. The Morgan fingerprint density at radius 3 is 2.80 bits per heavy atom. The van der Waals surface area contributed by atoms with E-state index in [0.717, 1.165) is 6.42 Å². The molecule has 0 aliphatic carbocycles. The molecule has 0 spiro atoms. The molecule has 1 heterocycles. The highest BCUT2D eigenvalue weighted by Gasteiger charge is 2.29. The van der Waals surface area contributed by atoms with E-state index in [2.05, 4.69) is 5.32 Å². The molecule has 1 aliphatic heterocycles. The normalized spacial score (nSPS) is 29.9. The number of amides is 1. The van der Waals surface area contributed by atoms with Crippen molar-refractivity contribution in [1.29, 1.82) is 0 Å². The Hall–Kier alpha value is -0.610. The molecule has 0 radical (unpaired) electrons. The number of nitrogens with one attached hydrogen (secondary N) is 1. The summed E-state index contributed by atoms with van der Waals surface area (Å²) in [7, 11) is 0. The maximum absolute atomic E-state index is 11.7. The molecule has 1 fully saturated rings. The number of hydrogen-bond acceptors (Lipinski definition) is 3. The van der Waals surface area contributed by atoms with E-state index in [9.17, 15) is 9.90 Å². The van der Waals surface area contributed by atoms with Crippen LogP contribution in [0.15, 0.2) is 0 Å². The number of carbonyl (C=O) groups excluding carboxylic acids is 1. The van der Waals surface area contributed by atoms with Gasteiger partial charge in [-0.25, -0.2) is 0 Å². The molecule has 2 N–H and O–H groups in total. The first-order valence-corrected chi connectivity index (χ1v) is 5.56. The molecule has 1 saturated heterocycles. The zero-order chi connectivity index (χ0) is 11.5. The summed E-state index contributed by atoms with van der Waals surface area (Å²) in [6.45, 7) is 6.40. The minimum Gasteiger partial charge on any atom is -0.388 e. The molecule has 4 heteroatoms. The Morgan fingerprint density at radius 2 is 2.33 bits per heavy atom. The van der Waals surface area contributed by atoms with Crippen molar-refractivity contribution in [2.45, 2.75) is 45.3 Å². The second-order valence-corrected chi connectivity index (χ2v) is 4.64. The van der Waals surface area contributed by atoms with Crippen LogP contribution in [0, 0.1) is 5.92 Å². The molecule has 88 valence electrons. The van der Waals surface area contributed by atoms with Crippen molar-refractivity contribution in [1.82, 2.24) is 5.32 Å². The van der Waals surface area contributed by atoms with E-state index < -0.39 is 5.60 Å². The summed E-state index contributed by atoms with van der Waals surface area (Å²) in [5, 5.41) is 12.5. The average molecular weight is 215 g/mol. The Morgan fingerprint density at radius 1 is 1.67 bits per heavy atom. The van der Waals surface area contributed by atoms with E-state index in [1.54, 1.807) is 6.92 Å². The van der Waals surface area contributed by atoms with E-state index in [-0.39, 0.29) is 17.9 Å². The van der Waals surface area contributed by atoms with Crippen LogP contribution < -0.4 is 5.32 Å². The fourth-order valence-corrected chi connectivity index (χ4v) is 1.55. The van der Waals surface area contributed by atoms with Gasteiger partial charge in [-0.1, -0.05) is 6.92 Å². The Kier molecular flexibility index (Phi) is 4.11. The van der Waals surface area contributed by atoms with Crippen LogP contribution in [0.2, 0.25) is 0 Å². The fourth-order valence-electron chi connectivity index (χ4n) is 1.55. The van der Waals surface area contributed by atoms with Gasteiger partial charge in [-0.2, -0.15) is 0 Å². The summed E-state index contributed by atoms with van der Waals surface area (Å²) < 4.78 is 5.32. The number of rotatable bonds is 4. The monoisotopic (exact) mass is 215 g/mol. The molecule has 0 saturated carbocycles. The zero-order valence-electron chi connectivity index (χ0n) is 9.75. The predicted octanol–water partition coefficient (Wildman–Crippen LogP) is 0.689. The molecule has 1 rings (SSSR count). The molecule has 0 aromatic carbocycles. The third kappa shape index (κ3) is 3.80. The van der Waals surface area contributed by atoms with Crippen LogP contribution in [0.1, 0.15) is 33.6 Å². The third-order valence-corrected chi connectivity index (χ3v) is 2.97. The first-order valence-electron chi connectivity index (χ1n) is 5.56. The summed E-state index contributed by atoms with van der Waals surface area (Å²) in [6, 6.07) is 0. The summed E-state index contributed by atoms with van der Waals surface area (Å²) >= 11 is 0. The van der Waals surface area contributed by atoms with E-state index in [1.807, 2.05) is 13.8 Å². The van der Waals surface area contributed by atoms with Gasteiger partial charge in [0, 0.05) is 6.54 Å². The van der Waals surface area contributed by atoms with Gasteiger partial charge in [0.25, 0.3) is 0 Å². The van der Waals surface area contributed by atoms with Gasteiger partial charge in [0.15, 0.2) is 0 Å². The molecule has 4 nitrogen and oxygen atoms in total. The summed E-state index contributed by atoms with van der Waals surface area (Å²) in [4.78, 5) is 11.7. The second kappa shape index (κ2) is 4.94. The lowest BCUT2D eigenvalue weighted by atomic mass is 10.0. The van der Waals surface area contributed by atoms with Crippen molar-refractivity contribution in [3.05, 3.63) is 0 Å². The quantitative estimate of drug-likeness (QED) is 0.725. The lowest BCUT2D eigenvalue weighted by Gasteiger charge is -2.22. The molecular weight excluding hydrogens is 194 g/mol. The minimum atomic E-state index is -0.805. The van der Waals surface area contributed by atoms with Gasteiger partial charge in [-0.3, -0.25) is 4.79 Å². The molecule has 0 bridgehead atoms. The number of ether oxygens (including phenoxy) is 1. The second-order valence-electron chi connectivity index (χ2n) is 4.64. The van der Waals surface area contributed by atoms with Gasteiger partial charge >= 0.3 is 0 Å². The Bertz CT molecular complexity index is 228. The summed E-state index contributed by atoms with van der Waals surface area (Å²) in [5.41, 5.74) is -0.805. The number of hydrogen-bond donors (Lipinski definition) is 2. The lowest BCUT2D eigenvalue weighted by Crippen LogP contribution is -2.42. The molecule has 1 amide bonds. The Labute approximate surface area is 91.0 Å². The minimum absolute atomic E-state index is 0.00641. The molecule has 0 aromatic heterocycles. The first kappa shape index (κ1) is 12.5. The van der Waals surface area contributed by atoms with E-state index in [1.165, 1.54) is 0 Å². The van der Waals surface area contributed by atoms with Crippen LogP contribution in [0.3, 0.4) is 0 Å². The summed E-state index contributed by atoms with van der Waals surface area (Å²) in [6.07, 6.45) is 1.58. The van der Waals surface area contributed by atoms with Crippen LogP contribution in [0.25, 0.3) is 0 Å². The molecular formula is C11H21NO3. The molecule has 0 aromatic rings. The first-order chi connectivity index (χ1) is 6.94. The maximum Gasteiger partial charge on any atom is 0.225 e. The van der Waals surface area contributed by atoms with Crippen molar-refractivity contribution >= 4 is 5.91 Å². The van der Waals surface area contributed by atoms with Crippen LogP contribution in [0.5, 0.6) is 0 Å². The lowest BCUT2D eigenvalue weighted by molar-refractivity contribution is -0.126. The van der Waals surface area contributed by atoms with Gasteiger partial charge in [0.2, 0.25) is 5.91 Å². The van der Waals surface area contributed by atoms with Gasteiger partial charge in [-0.05, 0) is 26.7 Å². The smallest absolute Gasteiger partial charge is 0.225 e. The SMILES string of the molecule is CCC(C)(O)CNC(=O)C1COC(C)C1. The Balaban J connectivity index is 2.30. The molecule has 1 aliphatic rings.